The summed E-state index contributed by atoms with van der Waals surface area (Å²) < 4.78 is 5.53. The highest BCUT2D eigenvalue weighted by atomic mass is 16.6. The molecule has 0 unspecified atom stereocenters. The Kier molecular flexibility index (Phi) is 5.21. The number of ether oxygens (including phenoxy) is 1. The Hall–Kier alpha value is -2.99. The van der Waals surface area contributed by atoms with E-state index in [4.69, 9.17) is 4.74 Å². The van der Waals surface area contributed by atoms with Crippen LogP contribution in [0.5, 0.6) is 0 Å². The van der Waals surface area contributed by atoms with E-state index in [1.807, 2.05) is 30.3 Å². The fourth-order valence-electron chi connectivity index (χ4n) is 5.15. The van der Waals surface area contributed by atoms with Crippen LogP contribution in [0.25, 0.3) is 0 Å². The van der Waals surface area contributed by atoms with Crippen LogP contribution in [-0.4, -0.2) is 35.1 Å². The second-order valence-corrected chi connectivity index (χ2v) is 9.29. The molecule has 0 aromatic heterocycles. The lowest BCUT2D eigenvalue weighted by molar-refractivity contribution is -0.133. The number of hydrogen-bond acceptors (Lipinski definition) is 5. The zero-order valence-electron chi connectivity index (χ0n) is 17.9. The minimum absolute atomic E-state index is 0.287. The summed E-state index contributed by atoms with van der Waals surface area (Å²) in [7, 11) is 0. The molecule has 2 amide bonds. The Morgan fingerprint density at radius 3 is 2.39 bits per heavy atom. The van der Waals surface area contributed by atoms with Crippen molar-refractivity contribution in [3.05, 3.63) is 65.7 Å². The van der Waals surface area contributed by atoms with E-state index in [2.05, 4.69) is 0 Å². The minimum atomic E-state index is -1.45. The molecule has 4 atom stereocenters. The number of carbonyl (C=O) groups excluding carboxylic acids is 3. The number of nitrogens with zero attached hydrogens (tertiary/aromatic N) is 1. The van der Waals surface area contributed by atoms with Gasteiger partial charge in [-0.05, 0) is 50.8 Å². The standard InChI is InChI=1S/C25H27NO5/c1-24(2,3)31-23(30)26-19-12-8-7-11-18(19)25(22(26)29)20(28)14-13-17(15-27)21(25)16-9-5-4-6-10-16/h4-12,15,17,20-21,28H,13-14H2,1-3H3/t17-,20-,21+,25-/m1/s1. The molecule has 2 aliphatic rings. The minimum Gasteiger partial charge on any atom is -0.443 e. The zero-order chi connectivity index (χ0) is 22.4. The van der Waals surface area contributed by atoms with Crippen LogP contribution < -0.4 is 4.90 Å². The van der Waals surface area contributed by atoms with Gasteiger partial charge in [-0.1, -0.05) is 48.5 Å². The molecule has 1 saturated carbocycles. The van der Waals surface area contributed by atoms with Crippen LogP contribution in [0, 0.1) is 5.92 Å². The van der Waals surface area contributed by atoms with E-state index in [1.54, 1.807) is 45.0 Å². The molecule has 31 heavy (non-hydrogen) atoms. The van der Waals surface area contributed by atoms with Crippen molar-refractivity contribution in [3.8, 4) is 0 Å². The average molecular weight is 421 g/mol. The molecular weight excluding hydrogens is 394 g/mol. The first-order valence-electron chi connectivity index (χ1n) is 10.6. The summed E-state index contributed by atoms with van der Waals surface area (Å²) in [6.07, 6.45) is -0.204. The fourth-order valence-corrected chi connectivity index (χ4v) is 5.15. The van der Waals surface area contributed by atoms with Gasteiger partial charge in [0.15, 0.2) is 0 Å². The number of amides is 2. The highest BCUT2D eigenvalue weighted by molar-refractivity contribution is 6.22. The van der Waals surface area contributed by atoms with Crippen molar-refractivity contribution in [1.29, 1.82) is 0 Å². The Morgan fingerprint density at radius 1 is 1.10 bits per heavy atom. The summed E-state index contributed by atoms with van der Waals surface area (Å²) in [5.41, 5.74) is -0.504. The molecule has 162 valence electrons. The van der Waals surface area contributed by atoms with E-state index >= 15 is 0 Å². The SMILES string of the molecule is CC(C)(C)OC(=O)N1C(=O)[C@]2(c3ccccc31)[C@H](O)CC[C@H](C=O)[C@@H]2c1ccccc1. The monoisotopic (exact) mass is 421 g/mol. The predicted molar refractivity (Wildman–Crippen MR) is 116 cm³/mol. The quantitative estimate of drug-likeness (QED) is 0.742. The molecule has 1 spiro atoms. The van der Waals surface area contributed by atoms with Crippen LogP contribution in [0.15, 0.2) is 54.6 Å². The number of anilines is 1. The third kappa shape index (κ3) is 3.26. The number of rotatable bonds is 2. The molecule has 0 bridgehead atoms. The number of para-hydroxylation sites is 1. The third-order valence-corrected chi connectivity index (χ3v) is 6.27. The van der Waals surface area contributed by atoms with Crippen LogP contribution in [0.2, 0.25) is 0 Å². The van der Waals surface area contributed by atoms with Crippen LogP contribution in [0.1, 0.15) is 50.7 Å². The topological polar surface area (TPSA) is 83.9 Å². The number of benzene rings is 2. The van der Waals surface area contributed by atoms with Gasteiger partial charge >= 0.3 is 6.09 Å². The molecule has 2 aromatic carbocycles. The maximum absolute atomic E-state index is 14.1. The van der Waals surface area contributed by atoms with Crippen molar-refractivity contribution >= 4 is 24.0 Å². The van der Waals surface area contributed by atoms with E-state index in [9.17, 15) is 19.5 Å². The van der Waals surface area contributed by atoms with Gasteiger partial charge < -0.3 is 14.6 Å². The maximum atomic E-state index is 14.1. The molecule has 1 N–H and O–H groups in total. The van der Waals surface area contributed by atoms with Crippen molar-refractivity contribution in [3.63, 3.8) is 0 Å². The van der Waals surface area contributed by atoms with E-state index in [0.29, 0.717) is 17.7 Å². The van der Waals surface area contributed by atoms with Gasteiger partial charge in [0.2, 0.25) is 0 Å². The molecule has 1 heterocycles. The van der Waals surface area contributed by atoms with Crippen molar-refractivity contribution < 1.29 is 24.2 Å². The molecule has 0 radical (unpaired) electrons. The Bertz CT molecular complexity index is 1010. The van der Waals surface area contributed by atoms with Gasteiger partial charge in [0.25, 0.3) is 5.91 Å². The van der Waals surface area contributed by atoms with Gasteiger partial charge in [0.1, 0.15) is 17.3 Å². The third-order valence-electron chi connectivity index (χ3n) is 6.27. The molecule has 1 fully saturated rings. The number of aliphatic hydroxyl groups is 1. The summed E-state index contributed by atoms with van der Waals surface area (Å²) in [6.45, 7) is 5.20. The lowest BCUT2D eigenvalue weighted by Gasteiger charge is -2.46. The van der Waals surface area contributed by atoms with E-state index in [1.165, 1.54) is 0 Å². The highest BCUT2D eigenvalue weighted by Gasteiger charge is 2.64. The first-order valence-corrected chi connectivity index (χ1v) is 10.6. The molecule has 6 heteroatoms. The summed E-state index contributed by atoms with van der Waals surface area (Å²) in [5.74, 6) is -1.62. The van der Waals surface area contributed by atoms with Crippen molar-refractivity contribution in [2.45, 2.75) is 56.7 Å². The number of imide groups is 1. The fraction of sp³-hybridized carbons (Fsp3) is 0.400. The number of fused-ring (bicyclic) bond motifs is 2. The zero-order valence-corrected chi connectivity index (χ0v) is 17.9. The second kappa shape index (κ2) is 7.61. The van der Waals surface area contributed by atoms with E-state index in [0.717, 1.165) is 16.7 Å². The first kappa shape index (κ1) is 21.2. The van der Waals surface area contributed by atoms with Crippen molar-refractivity contribution in [1.82, 2.24) is 0 Å². The smallest absolute Gasteiger partial charge is 0.421 e. The van der Waals surface area contributed by atoms with Crippen LogP contribution in [-0.2, 0) is 19.7 Å². The lowest BCUT2D eigenvalue weighted by Crippen LogP contribution is -2.58. The van der Waals surface area contributed by atoms with E-state index in [-0.39, 0.29) is 6.42 Å². The Labute approximate surface area is 181 Å². The lowest BCUT2D eigenvalue weighted by atomic mass is 9.56. The van der Waals surface area contributed by atoms with Gasteiger partial charge in [-0.15, -0.1) is 0 Å². The van der Waals surface area contributed by atoms with Crippen molar-refractivity contribution in [2.24, 2.45) is 5.92 Å². The van der Waals surface area contributed by atoms with Gasteiger partial charge in [0, 0.05) is 11.8 Å². The maximum Gasteiger partial charge on any atom is 0.421 e. The summed E-state index contributed by atoms with van der Waals surface area (Å²) >= 11 is 0. The molecule has 1 aliphatic carbocycles. The molecule has 4 rings (SSSR count). The molecule has 1 aliphatic heterocycles. The first-order chi connectivity index (χ1) is 14.7. The normalized spacial score (nSPS) is 27.8. The average Bonchev–Trinajstić information content (AvgIpc) is 2.98. The summed E-state index contributed by atoms with van der Waals surface area (Å²) in [5, 5.41) is 11.3. The van der Waals surface area contributed by atoms with Crippen molar-refractivity contribution in [2.75, 3.05) is 4.90 Å². The number of aliphatic hydroxyl groups excluding tert-OH is 1. The predicted octanol–water partition coefficient (Wildman–Crippen LogP) is 3.96. The molecular formula is C25H27NO5. The number of carbonyl (C=O) groups is 3. The Morgan fingerprint density at radius 2 is 1.74 bits per heavy atom. The van der Waals surface area contributed by atoms with Gasteiger partial charge in [-0.2, -0.15) is 0 Å². The van der Waals surface area contributed by atoms with Crippen LogP contribution in [0.3, 0.4) is 0 Å². The van der Waals surface area contributed by atoms with Gasteiger partial charge in [-0.25, -0.2) is 9.69 Å². The van der Waals surface area contributed by atoms with E-state index < -0.39 is 41.0 Å². The Balaban J connectivity index is 1.95. The van der Waals surface area contributed by atoms with Crippen LogP contribution >= 0.6 is 0 Å². The number of hydrogen-bond donors (Lipinski definition) is 1. The molecule has 6 nitrogen and oxygen atoms in total. The molecule has 0 saturated heterocycles. The highest BCUT2D eigenvalue weighted by Crippen LogP contribution is 2.58. The van der Waals surface area contributed by atoms with Gasteiger partial charge in [0.05, 0.1) is 11.8 Å². The molecule has 2 aromatic rings. The number of aldehydes is 1. The van der Waals surface area contributed by atoms with Gasteiger partial charge in [-0.3, -0.25) is 4.79 Å². The largest absolute Gasteiger partial charge is 0.443 e. The summed E-state index contributed by atoms with van der Waals surface area (Å²) in [4.78, 5) is 40.3. The van der Waals surface area contributed by atoms with Crippen LogP contribution in [0.4, 0.5) is 10.5 Å². The second-order valence-electron chi connectivity index (χ2n) is 9.29. The summed E-state index contributed by atoms with van der Waals surface area (Å²) in [6, 6.07) is 16.3.